The summed E-state index contributed by atoms with van der Waals surface area (Å²) in [7, 11) is 3.82. The molecular weight excluding hydrogens is 436 g/mol. The molecule has 36 heavy (non-hydrogen) atoms. The van der Waals surface area contributed by atoms with Crippen molar-refractivity contribution in [3.63, 3.8) is 0 Å². The molecule has 0 aliphatic rings. The first kappa shape index (κ1) is 31.1. The molecule has 0 fully saturated rings. The van der Waals surface area contributed by atoms with Gasteiger partial charge in [-0.05, 0) is 79.4 Å². The van der Waals surface area contributed by atoms with Gasteiger partial charge in [-0.25, -0.2) is 0 Å². The van der Waals surface area contributed by atoms with Crippen LogP contribution in [0.1, 0.15) is 74.3 Å². The molecule has 0 aliphatic heterocycles. The Morgan fingerprint density at radius 2 is 1.31 bits per heavy atom. The Hall–Kier alpha value is -2.97. The lowest BCUT2D eigenvalue weighted by Crippen LogP contribution is -2.03. The third kappa shape index (κ3) is 11.6. The van der Waals surface area contributed by atoms with Gasteiger partial charge in [-0.2, -0.15) is 0 Å². The average molecular weight is 485 g/mol. The summed E-state index contributed by atoms with van der Waals surface area (Å²) in [5.74, 6) is 0.546. The molecule has 0 radical (unpaired) electrons. The van der Waals surface area contributed by atoms with Gasteiger partial charge in [-0.3, -0.25) is 4.99 Å². The molecule has 3 aromatic carbocycles. The quantitative estimate of drug-likeness (QED) is 0.214. The molecule has 0 aliphatic carbocycles. The van der Waals surface area contributed by atoms with Crippen molar-refractivity contribution >= 4 is 5.71 Å². The van der Waals surface area contributed by atoms with Crippen LogP contribution in [0, 0.1) is 0 Å². The molecule has 3 rings (SSSR count). The van der Waals surface area contributed by atoms with Gasteiger partial charge in [0.1, 0.15) is 0 Å². The van der Waals surface area contributed by atoms with E-state index in [-0.39, 0.29) is 0 Å². The van der Waals surface area contributed by atoms with Crippen molar-refractivity contribution in [2.75, 3.05) is 20.6 Å². The molecule has 194 valence electrons. The number of allylic oxidation sites excluding steroid dienone is 1. The van der Waals surface area contributed by atoms with E-state index in [0.717, 1.165) is 38.6 Å². The minimum atomic E-state index is 0.546. The molecule has 2 heteroatoms. The highest BCUT2D eigenvalue weighted by atomic mass is 14.8. The fourth-order valence-electron chi connectivity index (χ4n) is 3.84. The van der Waals surface area contributed by atoms with E-state index < -0.39 is 0 Å². The van der Waals surface area contributed by atoms with Gasteiger partial charge < -0.3 is 5.32 Å². The number of benzene rings is 3. The van der Waals surface area contributed by atoms with Gasteiger partial charge in [0.15, 0.2) is 0 Å². The first-order chi connectivity index (χ1) is 17.6. The second kappa shape index (κ2) is 19.2. The molecule has 0 saturated heterocycles. The zero-order valence-electron chi connectivity index (χ0n) is 23.6. The maximum atomic E-state index is 4.49. The molecule has 0 bridgehead atoms. The van der Waals surface area contributed by atoms with E-state index in [2.05, 4.69) is 104 Å². The normalized spacial score (nSPS) is 11.4. The highest BCUT2D eigenvalue weighted by molar-refractivity contribution is 6.00. The second-order valence-electron chi connectivity index (χ2n) is 8.73. The van der Waals surface area contributed by atoms with Crippen LogP contribution in [0.5, 0.6) is 0 Å². The van der Waals surface area contributed by atoms with Crippen molar-refractivity contribution in [1.29, 1.82) is 0 Å². The van der Waals surface area contributed by atoms with Crippen LogP contribution < -0.4 is 5.32 Å². The predicted molar refractivity (Wildman–Crippen MR) is 162 cm³/mol. The standard InChI is InChI=1S/C29H33N.C3H9N.C2H6/c1-4-8-23(2)27-20-17-26(18-21-27)16-13-24-11-14-25(15-12-24)19-22-29(30-3)28-9-6-5-7-10-28;1-3-4-2;1-2/h4-7,9-12,14-15,17-18,20-21,23H,1,8,13,16,19,22H2,2-3H3;4H,3H2,1-2H3;1-2H3. The van der Waals surface area contributed by atoms with E-state index in [1.54, 1.807) is 0 Å². The molecule has 1 N–H and O–H groups in total. The van der Waals surface area contributed by atoms with Crippen molar-refractivity contribution in [1.82, 2.24) is 5.32 Å². The fourth-order valence-corrected chi connectivity index (χ4v) is 3.84. The van der Waals surface area contributed by atoms with Crippen LogP contribution in [0.25, 0.3) is 0 Å². The van der Waals surface area contributed by atoms with Gasteiger partial charge in [-0.15, -0.1) is 6.58 Å². The van der Waals surface area contributed by atoms with Crippen LogP contribution in [0.2, 0.25) is 0 Å². The summed E-state index contributed by atoms with van der Waals surface area (Å²) in [6.07, 6.45) is 7.18. The van der Waals surface area contributed by atoms with E-state index in [9.17, 15) is 0 Å². The van der Waals surface area contributed by atoms with Gasteiger partial charge in [0.25, 0.3) is 0 Å². The predicted octanol–water partition coefficient (Wildman–Crippen LogP) is 8.46. The molecule has 1 atom stereocenters. The largest absolute Gasteiger partial charge is 0.320 e. The van der Waals surface area contributed by atoms with Crippen molar-refractivity contribution in [2.24, 2.45) is 4.99 Å². The zero-order valence-corrected chi connectivity index (χ0v) is 23.6. The van der Waals surface area contributed by atoms with E-state index in [0.29, 0.717) is 5.92 Å². The van der Waals surface area contributed by atoms with Crippen molar-refractivity contribution < 1.29 is 0 Å². The Labute approximate surface area is 221 Å². The van der Waals surface area contributed by atoms with E-state index in [1.165, 1.54) is 33.5 Å². The molecule has 1 unspecified atom stereocenters. The van der Waals surface area contributed by atoms with Gasteiger partial charge in [0.05, 0.1) is 0 Å². The lowest BCUT2D eigenvalue weighted by molar-refractivity contribution is 0.780. The number of aryl methyl sites for hydroxylation is 3. The van der Waals surface area contributed by atoms with Crippen molar-refractivity contribution in [3.8, 4) is 0 Å². The minimum absolute atomic E-state index is 0.546. The molecule has 0 saturated carbocycles. The number of hydrogen-bond donors (Lipinski definition) is 1. The Bertz CT molecular complexity index is 968. The van der Waals surface area contributed by atoms with Crippen LogP contribution in [0.4, 0.5) is 0 Å². The fraction of sp³-hybridized carbons (Fsp3) is 0.382. The van der Waals surface area contributed by atoms with E-state index in [1.807, 2.05) is 40.1 Å². The monoisotopic (exact) mass is 484 g/mol. The highest BCUT2D eigenvalue weighted by Crippen LogP contribution is 2.20. The lowest BCUT2D eigenvalue weighted by Gasteiger charge is -2.10. The summed E-state index contributed by atoms with van der Waals surface area (Å²) in [5.41, 5.74) is 7.97. The number of nitrogens with one attached hydrogen (secondary N) is 1. The van der Waals surface area contributed by atoms with E-state index in [4.69, 9.17) is 0 Å². The Morgan fingerprint density at radius 3 is 1.75 bits per heavy atom. The Kier molecular flexibility index (Phi) is 16.6. The van der Waals surface area contributed by atoms with E-state index >= 15 is 0 Å². The Morgan fingerprint density at radius 1 is 0.833 bits per heavy atom. The summed E-state index contributed by atoms with van der Waals surface area (Å²) in [6.45, 7) is 13.2. The lowest BCUT2D eigenvalue weighted by atomic mass is 9.95. The SMILES string of the molecule is C=CCC(C)c1ccc(CCc2ccc(CCC(=NC)c3ccccc3)cc2)cc1.CC.CCNC. The van der Waals surface area contributed by atoms with Crippen LogP contribution in [0.3, 0.4) is 0 Å². The second-order valence-corrected chi connectivity index (χ2v) is 8.73. The molecule has 0 amide bonds. The molecule has 0 aromatic heterocycles. The van der Waals surface area contributed by atoms with Gasteiger partial charge in [0.2, 0.25) is 0 Å². The van der Waals surface area contributed by atoms with Crippen LogP contribution in [-0.2, 0) is 19.3 Å². The van der Waals surface area contributed by atoms with Crippen molar-refractivity contribution in [2.45, 2.75) is 65.7 Å². The van der Waals surface area contributed by atoms with Crippen molar-refractivity contribution in [3.05, 3.63) is 119 Å². The Balaban J connectivity index is 0.000000982. The molecule has 2 nitrogen and oxygen atoms in total. The highest BCUT2D eigenvalue weighted by Gasteiger charge is 2.05. The topological polar surface area (TPSA) is 24.4 Å². The first-order valence-electron chi connectivity index (χ1n) is 13.5. The van der Waals surface area contributed by atoms with Crippen LogP contribution in [-0.4, -0.2) is 26.4 Å². The summed E-state index contributed by atoms with van der Waals surface area (Å²) in [6, 6.07) is 28.7. The summed E-state index contributed by atoms with van der Waals surface area (Å²) in [4.78, 5) is 4.49. The summed E-state index contributed by atoms with van der Waals surface area (Å²) >= 11 is 0. The zero-order chi connectivity index (χ0) is 26.6. The maximum Gasteiger partial charge on any atom is 0.0420 e. The van der Waals surface area contributed by atoms with Crippen LogP contribution >= 0.6 is 0 Å². The molecule has 3 aromatic rings. The summed E-state index contributed by atoms with van der Waals surface area (Å²) < 4.78 is 0. The third-order valence-electron chi connectivity index (χ3n) is 6.18. The number of aliphatic imine (C=N–C) groups is 1. The third-order valence-corrected chi connectivity index (χ3v) is 6.18. The number of rotatable bonds is 11. The van der Waals surface area contributed by atoms with Gasteiger partial charge >= 0.3 is 0 Å². The average Bonchev–Trinajstić information content (AvgIpc) is 2.95. The van der Waals surface area contributed by atoms with Gasteiger partial charge in [0, 0.05) is 12.8 Å². The molecule has 0 spiro atoms. The van der Waals surface area contributed by atoms with Crippen LogP contribution in [0.15, 0.2) is 96.5 Å². The molecular formula is C34H48N2. The smallest absolute Gasteiger partial charge is 0.0420 e. The first-order valence-corrected chi connectivity index (χ1v) is 13.5. The number of nitrogens with zero attached hydrogens (tertiary/aromatic N) is 1. The minimum Gasteiger partial charge on any atom is -0.320 e. The maximum absolute atomic E-state index is 4.49. The number of hydrogen-bond acceptors (Lipinski definition) is 2. The molecule has 0 heterocycles. The van der Waals surface area contributed by atoms with Gasteiger partial charge in [-0.1, -0.05) is 113 Å². The summed E-state index contributed by atoms with van der Waals surface area (Å²) in [5, 5.41) is 2.93.